The molecule has 0 rings (SSSR count). The van der Waals surface area contributed by atoms with Crippen LogP contribution in [-0.4, -0.2) is 8.07 Å². The van der Waals surface area contributed by atoms with Crippen LogP contribution in [-0.2, 0) is 0 Å². The van der Waals surface area contributed by atoms with Gasteiger partial charge in [0.1, 0.15) is 0 Å². The molecule has 0 unspecified atom stereocenters. The van der Waals surface area contributed by atoms with Crippen LogP contribution >= 0.6 is 0 Å². The van der Waals surface area contributed by atoms with Crippen LogP contribution in [0.2, 0.25) is 18.1 Å². The molecule has 0 bridgehead atoms. The second-order valence-electron chi connectivity index (χ2n) is 4.00. The summed E-state index contributed by atoms with van der Waals surface area (Å²) < 4.78 is 0. The summed E-state index contributed by atoms with van der Waals surface area (Å²) in [4.78, 5) is 0. The first-order chi connectivity index (χ1) is 3.81. The molecule has 0 amide bonds. The zero-order valence-electron chi connectivity index (χ0n) is 8.00. The summed E-state index contributed by atoms with van der Waals surface area (Å²) in [6, 6.07) is 0. The van der Waals surface area contributed by atoms with Gasteiger partial charge in [-0.3, -0.25) is 0 Å². The molecule has 0 spiro atoms. The third kappa shape index (κ3) is 2.97. The van der Waals surface area contributed by atoms with Gasteiger partial charge >= 0.3 is 18.9 Å². The van der Waals surface area contributed by atoms with Crippen molar-refractivity contribution in [3.05, 3.63) is 6.42 Å². The Morgan fingerprint density at radius 2 is 1.50 bits per heavy atom. The fourth-order valence-corrected chi connectivity index (χ4v) is 0.562. The first-order valence-electron chi connectivity index (χ1n) is 3.25. The van der Waals surface area contributed by atoms with Crippen LogP contribution in [0, 0.1) is 12.0 Å². The quantitative estimate of drug-likeness (QED) is 0.248. The minimum absolute atomic E-state index is 0. The molecule has 0 aliphatic carbocycles. The second-order valence-corrected chi connectivity index (χ2v) is 9.00. The van der Waals surface area contributed by atoms with E-state index in [1.807, 2.05) is 0 Å². The van der Waals surface area contributed by atoms with Gasteiger partial charge in [-0.1, -0.05) is 33.9 Å². The van der Waals surface area contributed by atoms with Crippen molar-refractivity contribution in [2.45, 2.75) is 38.9 Å². The van der Waals surface area contributed by atoms with Crippen molar-refractivity contribution in [3.8, 4) is 5.54 Å². The van der Waals surface area contributed by atoms with Crippen molar-refractivity contribution < 1.29 is 18.9 Å². The molecular weight excluding hydrogens is 131 g/mol. The zero-order valence-corrected chi connectivity index (χ0v) is 9.00. The van der Waals surface area contributed by atoms with Crippen LogP contribution in [0.1, 0.15) is 20.8 Å². The van der Waals surface area contributed by atoms with Gasteiger partial charge in [-0.2, -0.15) is 0 Å². The molecule has 0 nitrogen and oxygen atoms in total. The van der Waals surface area contributed by atoms with E-state index in [0.717, 1.165) is 0 Å². The van der Waals surface area contributed by atoms with Gasteiger partial charge in [0.2, 0.25) is 0 Å². The van der Waals surface area contributed by atoms with Crippen LogP contribution in [0.3, 0.4) is 0 Å². The maximum absolute atomic E-state index is 7.07. The summed E-state index contributed by atoms with van der Waals surface area (Å²) >= 11 is 0. The Morgan fingerprint density at radius 3 is 1.50 bits per heavy atom. The summed E-state index contributed by atoms with van der Waals surface area (Å²) in [6.45, 7) is 10.9. The van der Waals surface area contributed by atoms with Crippen LogP contribution in [0.4, 0.5) is 0 Å². The maximum atomic E-state index is 7.07. The van der Waals surface area contributed by atoms with Crippen molar-refractivity contribution >= 4 is 8.07 Å². The van der Waals surface area contributed by atoms with Gasteiger partial charge in [-0.05, 0) is 5.04 Å². The molecule has 0 aliphatic rings. The average Bonchev–Trinajstić information content (AvgIpc) is 1.64. The molecule has 10 heavy (non-hydrogen) atoms. The number of rotatable bonds is 0. The topological polar surface area (TPSA) is 0 Å². The minimum Gasteiger partial charge on any atom is -0.701 e. The van der Waals surface area contributed by atoms with E-state index in [1.165, 1.54) is 0 Å². The largest absolute Gasteiger partial charge is 1.00 e. The van der Waals surface area contributed by atoms with Crippen molar-refractivity contribution in [2.75, 3.05) is 0 Å². The molecule has 0 N–H and O–H groups in total. The first-order valence-corrected chi connectivity index (χ1v) is 6.25. The Kier molecular flexibility index (Phi) is 4.78. The molecule has 0 saturated heterocycles. The monoisotopic (exact) mass is 146 g/mol. The Bertz CT molecular complexity index is 136. The SMILES string of the molecule is [C-]#C[Si](C)(C)C(C)(C)C.[Li+]. The zero-order chi connectivity index (χ0) is 7.71. The molecule has 52 valence electrons. The molecule has 0 aromatic carbocycles. The van der Waals surface area contributed by atoms with Gasteiger partial charge in [0.15, 0.2) is 0 Å². The van der Waals surface area contributed by atoms with Gasteiger partial charge < -0.3 is 12.0 Å². The summed E-state index contributed by atoms with van der Waals surface area (Å²) in [5.74, 6) is 0. The molecule has 0 aromatic rings. The fraction of sp³-hybridized carbons (Fsp3) is 0.750. The Balaban J connectivity index is 0. The molecule has 0 atom stereocenters. The predicted octanol–water partition coefficient (Wildman–Crippen LogP) is -0.372. The van der Waals surface area contributed by atoms with Crippen molar-refractivity contribution in [3.63, 3.8) is 0 Å². The van der Waals surface area contributed by atoms with Gasteiger partial charge in [-0.15, -0.1) is 0 Å². The molecule has 0 fully saturated rings. The molecule has 0 saturated carbocycles. The Labute approximate surface area is 78.0 Å². The van der Waals surface area contributed by atoms with E-state index in [9.17, 15) is 0 Å². The number of hydrogen-bond acceptors (Lipinski definition) is 0. The Morgan fingerprint density at radius 1 is 1.20 bits per heavy atom. The van der Waals surface area contributed by atoms with E-state index in [-0.39, 0.29) is 23.9 Å². The summed E-state index contributed by atoms with van der Waals surface area (Å²) in [5, 5.41) is 0.286. The smallest absolute Gasteiger partial charge is 0.701 e. The molecule has 0 aromatic heterocycles. The average molecular weight is 146 g/mol. The van der Waals surface area contributed by atoms with E-state index in [4.69, 9.17) is 6.42 Å². The van der Waals surface area contributed by atoms with Gasteiger partial charge in [0, 0.05) is 0 Å². The Hall–Kier alpha value is 0.374. The van der Waals surface area contributed by atoms with Crippen molar-refractivity contribution in [1.82, 2.24) is 0 Å². The second kappa shape index (κ2) is 3.68. The van der Waals surface area contributed by atoms with E-state index in [1.54, 1.807) is 0 Å². The minimum atomic E-state index is -1.46. The molecule has 2 heteroatoms. The van der Waals surface area contributed by atoms with Crippen molar-refractivity contribution in [1.29, 1.82) is 0 Å². The van der Waals surface area contributed by atoms with E-state index >= 15 is 0 Å². The van der Waals surface area contributed by atoms with E-state index in [0.29, 0.717) is 0 Å². The van der Waals surface area contributed by atoms with Crippen molar-refractivity contribution in [2.24, 2.45) is 0 Å². The summed E-state index contributed by atoms with van der Waals surface area (Å²) in [5.41, 5.74) is 2.67. The first kappa shape index (κ1) is 13.0. The summed E-state index contributed by atoms with van der Waals surface area (Å²) in [7, 11) is -1.46. The van der Waals surface area contributed by atoms with Crippen LogP contribution in [0.15, 0.2) is 0 Å². The van der Waals surface area contributed by atoms with Gasteiger partial charge in [0.25, 0.3) is 0 Å². The maximum Gasteiger partial charge on any atom is 1.00 e. The van der Waals surface area contributed by atoms with Gasteiger partial charge in [0.05, 0.1) is 8.07 Å². The number of hydrogen-bond donors (Lipinski definition) is 0. The molecule has 0 radical (unpaired) electrons. The molecule has 0 heterocycles. The van der Waals surface area contributed by atoms with Gasteiger partial charge in [-0.25, -0.2) is 0 Å². The molecule has 0 aliphatic heterocycles. The third-order valence-electron chi connectivity index (χ3n) is 2.19. The van der Waals surface area contributed by atoms with E-state index < -0.39 is 8.07 Å². The van der Waals surface area contributed by atoms with E-state index in [2.05, 4.69) is 39.4 Å². The molecular formula is C8H15LiSi. The summed E-state index contributed by atoms with van der Waals surface area (Å²) in [6.07, 6.45) is 7.07. The van der Waals surface area contributed by atoms with Crippen LogP contribution < -0.4 is 18.9 Å². The normalized spacial score (nSPS) is 11.6. The fourth-order valence-electron chi connectivity index (χ4n) is 0.188. The van der Waals surface area contributed by atoms with Crippen LogP contribution in [0.25, 0.3) is 0 Å². The van der Waals surface area contributed by atoms with Crippen LogP contribution in [0.5, 0.6) is 0 Å². The predicted molar refractivity (Wildman–Crippen MR) is 44.3 cm³/mol. The standard InChI is InChI=1S/C8H15Si.Li/c1-7-9(5,6)8(2,3)4;/h2-6H3;/q-1;+1. The third-order valence-corrected chi connectivity index (χ3v) is 6.56.